The van der Waals surface area contributed by atoms with Crippen LogP contribution < -0.4 is 11.1 Å². The average Bonchev–Trinajstić information content (AvgIpc) is 3.06. The molecule has 1 aromatic carbocycles. The van der Waals surface area contributed by atoms with E-state index in [0.717, 1.165) is 11.3 Å². The van der Waals surface area contributed by atoms with E-state index < -0.39 is 15.4 Å². The predicted octanol–water partition coefficient (Wildman–Crippen LogP) is 3.11. The Balaban J connectivity index is 0.00000312. The lowest BCUT2D eigenvalue weighted by Gasteiger charge is -2.33. The molecule has 0 aliphatic carbocycles. The van der Waals surface area contributed by atoms with Crippen molar-refractivity contribution in [1.82, 2.24) is 5.32 Å². The Labute approximate surface area is 159 Å². The monoisotopic (exact) mass is 402 g/mol. The third-order valence-corrected chi connectivity index (χ3v) is 7.57. The van der Waals surface area contributed by atoms with Gasteiger partial charge < -0.3 is 11.1 Å². The minimum Gasteiger partial charge on any atom is -0.345 e. The van der Waals surface area contributed by atoms with E-state index in [9.17, 15) is 13.2 Å². The van der Waals surface area contributed by atoms with Crippen LogP contribution in [0.1, 0.15) is 30.4 Å². The normalized spacial score (nSPS) is 13.8. The van der Waals surface area contributed by atoms with Gasteiger partial charge in [-0.3, -0.25) is 4.79 Å². The molecule has 0 spiro atoms. The van der Waals surface area contributed by atoms with Crippen molar-refractivity contribution in [3.63, 3.8) is 0 Å². The Hall–Kier alpha value is -1.41. The number of amides is 1. The quantitative estimate of drug-likeness (QED) is 0.776. The third-order valence-electron chi connectivity index (χ3n) is 4.22. The maximum absolute atomic E-state index is 12.6. The Bertz CT molecular complexity index is 819. The molecule has 1 amide bonds. The van der Waals surface area contributed by atoms with Gasteiger partial charge >= 0.3 is 0 Å². The highest BCUT2D eigenvalue weighted by molar-refractivity contribution is 7.93. The highest BCUT2D eigenvalue weighted by Gasteiger charge is 2.30. The summed E-state index contributed by atoms with van der Waals surface area (Å²) in [7, 11) is -3.60. The lowest BCUT2D eigenvalue weighted by molar-refractivity contribution is 0.0887. The predicted molar refractivity (Wildman–Crippen MR) is 103 cm³/mol. The van der Waals surface area contributed by atoms with E-state index >= 15 is 0 Å². The molecule has 8 heteroatoms. The second-order valence-corrected chi connectivity index (χ2v) is 9.43. The topological polar surface area (TPSA) is 89.3 Å². The lowest BCUT2D eigenvalue weighted by Crippen LogP contribution is -2.54. The van der Waals surface area contributed by atoms with Crippen LogP contribution in [0.5, 0.6) is 0 Å². The lowest BCUT2D eigenvalue weighted by atomic mass is 9.88. The summed E-state index contributed by atoms with van der Waals surface area (Å²) in [6.07, 6.45) is 0. The smallest absolute Gasteiger partial charge is 0.261 e. The minimum atomic E-state index is -3.60. The number of hydrogen-bond acceptors (Lipinski definition) is 5. The van der Waals surface area contributed by atoms with E-state index in [-0.39, 0.29) is 33.3 Å². The molecule has 1 unspecified atom stereocenters. The van der Waals surface area contributed by atoms with Gasteiger partial charge in [0.05, 0.1) is 15.3 Å². The number of halogens is 1. The number of benzene rings is 1. The van der Waals surface area contributed by atoms with E-state index in [2.05, 4.69) is 5.32 Å². The molecule has 25 heavy (non-hydrogen) atoms. The molecule has 138 valence electrons. The maximum atomic E-state index is 12.6. The molecule has 1 atom stereocenters. The van der Waals surface area contributed by atoms with Crippen molar-refractivity contribution in [3.8, 4) is 0 Å². The number of rotatable bonds is 6. The van der Waals surface area contributed by atoms with Gasteiger partial charge in [-0.25, -0.2) is 8.42 Å². The Morgan fingerprint density at radius 2 is 1.80 bits per heavy atom. The second-order valence-electron chi connectivity index (χ2n) is 6.17. The molecule has 0 aliphatic heterocycles. The van der Waals surface area contributed by atoms with E-state index in [1.54, 1.807) is 30.3 Å². The van der Waals surface area contributed by atoms with Crippen molar-refractivity contribution in [2.75, 3.05) is 6.54 Å². The Morgan fingerprint density at radius 1 is 1.20 bits per heavy atom. The van der Waals surface area contributed by atoms with Crippen LogP contribution in [0.15, 0.2) is 51.6 Å². The highest BCUT2D eigenvalue weighted by atomic mass is 35.5. The fourth-order valence-corrected chi connectivity index (χ4v) is 4.68. The first-order chi connectivity index (χ1) is 11.2. The zero-order chi connectivity index (χ0) is 18.0. The van der Waals surface area contributed by atoms with Gasteiger partial charge in [0.25, 0.3) is 5.91 Å². The molecule has 1 aromatic heterocycles. The first-order valence-corrected chi connectivity index (χ1v) is 9.93. The summed E-state index contributed by atoms with van der Waals surface area (Å²) in [5, 5.41) is 2.92. The van der Waals surface area contributed by atoms with Crippen LogP contribution in [0.3, 0.4) is 0 Å². The first kappa shape index (κ1) is 21.6. The number of sulfone groups is 1. The molecule has 2 rings (SSSR count). The zero-order valence-corrected chi connectivity index (χ0v) is 16.8. The van der Waals surface area contributed by atoms with E-state index in [1.165, 1.54) is 12.1 Å². The summed E-state index contributed by atoms with van der Waals surface area (Å²) in [6.45, 7) is 6.14. The van der Waals surface area contributed by atoms with Crippen LogP contribution in [0.25, 0.3) is 0 Å². The molecule has 0 aliphatic rings. The number of carbonyl (C=O) groups is 1. The molecular weight excluding hydrogens is 380 g/mol. The summed E-state index contributed by atoms with van der Waals surface area (Å²) in [5.41, 5.74) is 5.24. The SMILES string of the molecule is CC(C)C(C)(CN)NC(=O)c1ccc(S(=O)(=O)c2ccccc2)s1.Cl. The highest BCUT2D eigenvalue weighted by Crippen LogP contribution is 2.28. The number of nitrogens with two attached hydrogens (primary N) is 1. The van der Waals surface area contributed by atoms with Crippen LogP contribution in [0.2, 0.25) is 0 Å². The van der Waals surface area contributed by atoms with Gasteiger partial charge in [-0.05, 0) is 37.1 Å². The Morgan fingerprint density at radius 3 is 2.32 bits per heavy atom. The average molecular weight is 403 g/mol. The minimum absolute atomic E-state index is 0. The molecule has 3 N–H and O–H groups in total. The van der Waals surface area contributed by atoms with Gasteiger partial charge in [0.1, 0.15) is 4.21 Å². The fraction of sp³-hybridized carbons (Fsp3) is 0.353. The van der Waals surface area contributed by atoms with Crippen molar-refractivity contribution >= 4 is 39.5 Å². The van der Waals surface area contributed by atoms with Crippen LogP contribution in [0.4, 0.5) is 0 Å². The van der Waals surface area contributed by atoms with E-state index in [1.807, 2.05) is 20.8 Å². The van der Waals surface area contributed by atoms with Crippen molar-refractivity contribution in [2.24, 2.45) is 11.7 Å². The fourth-order valence-electron chi connectivity index (χ4n) is 2.05. The number of nitrogens with one attached hydrogen (secondary N) is 1. The van der Waals surface area contributed by atoms with Gasteiger partial charge in [0.15, 0.2) is 0 Å². The second kappa shape index (κ2) is 8.31. The van der Waals surface area contributed by atoms with Gasteiger partial charge in [0.2, 0.25) is 9.84 Å². The molecule has 0 saturated heterocycles. The van der Waals surface area contributed by atoms with Crippen LogP contribution in [-0.4, -0.2) is 26.4 Å². The van der Waals surface area contributed by atoms with Crippen molar-refractivity contribution in [2.45, 2.75) is 35.4 Å². The molecule has 1 heterocycles. The molecule has 0 fully saturated rings. The van der Waals surface area contributed by atoms with Gasteiger partial charge in [-0.15, -0.1) is 23.7 Å². The van der Waals surface area contributed by atoms with Crippen molar-refractivity contribution < 1.29 is 13.2 Å². The molecule has 0 saturated carbocycles. The number of hydrogen-bond donors (Lipinski definition) is 2. The van der Waals surface area contributed by atoms with E-state index in [0.29, 0.717) is 11.4 Å². The van der Waals surface area contributed by atoms with Crippen molar-refractivity contribution in [1.29, 1.82) is 0 Å². The standard InChI is InChI=1S/C17H22N2O3S2.ClH/c1-12(2)17(3,11-18)19-16(20)14-9-10-15(23-14)24(21,22)13-7-5-4-6-8-13;/h4-10,12H,11,18H2,1-3H3,(H,19,20);1H. The summed E-state index contributed by atoms with van der Waals surface area (Å²) >= 11 is 0.965. The summed E-state index contributed by atoms with van der Waals surface area (Å²) in [4.78, 5) is 13.0. The summed E-state index contributed by atoms with van der Waals surface area (Å²) < 4.78 is 25.3. The van der Waals surface area contributed by atoms with E-state index in [4.69, 9.17) is 5.73 Å². The van der Waals surface area contributed by atoms with Crippen LogP contribution in [0, 0.1) is 5.92 Å². The van der Waals surface area contributed by atoms with Gasteiger partial charge in [0, 0.05) is 6.54 Å². The van der Waals surface area contributed by atoms with Crippen molar-refractivity contribution in [3.05, 3.63) is 47.3 Å². The van der Waals surface area contributed by atoms with Crippen LogP contribution in [-0.2, 0) is 9.84 Å². The summed E-state index contributed by atoms with van der Waals surface area (Å²) in [5.74, 6) is -0.157. The molecule has 0 bridgehead atoms. The maximum Gasteiger partial charge on any atom is 0.261 e. The zero-order valence-electron chi connectivity index (χ0n) is 14.4. The third kappa shape index (κ3) is 4.61. The molecule has 2 aromatic rings. The van der Waals surface area contributed by atoms with Crippen LogP contribution >= 0.6 is 23.7 Å². The largest absolute Gasteiger partial charge is 0.345 e. The van der Waals surface area contributed by atoms with Gasteiger partial charge in [-0.2, -0.15) is 0 Å². The number of carbonyl (C=O) groups excluding carboxylic acids is 1. The number of thiophene rings is 1. The molecular formula is C17H23ClN2O3S2. The summed E-state index contributed by atoms with van der Waals surface area (Å²) in [6, 6.07) is 11.2. The molecule has 0 radical (unpaired) electrons. The molecule has 5 nitrogen and oxygen atoms in total. The van der Waals surface area contributed by atoms with Gasteiger partial charge in [-0.1, -0.05) is 32.0 Å². The first-order valence-electron chi connectivity index (χ1n) is 7.63. The Kier molecular flexibility index (Phi) is 7.19.